The van der Waals surface area contributed by atoms with Gasteiger partial charge >= 0.3 is 5.97 Å². The Morgan fingerprint density at radius 2 is 1.67 bits per heavy atom. The van der Waals surface area contributed by atoms with Gasteiger partial charge in [0.25, 0.3) is 11.5 Å². The lowest BCUT2D eigenvalue weighted by Crippen LogP contribution is -2.26. The summed E-state index contributed by atoms with van der Waals surface area (Å²) in [6.45, 7) is 1.28. The lowest BCUT2D eigenvalue weighted by Gasteiger charge is -2.07. The van der Waals surface area contributed by atoms with Crippen LogP contribution in [0.2, 0.25) is 0 Å². The van der Waals surface area contributed by atoms with Crippen molar-refractivity contribution < 1.29 is 14.3 Å². The molecule has 0 bridgehead atoms. The second-order valence-corrected chi connectivity index (χ2v) is 8.49. The third kappa shape index (κ3) is 5.01. The Hall–Kier alpha value is -3.78. The molecule has 0 unspecified atom stereocenters. The standard InChI is InChI=1S/C25H23N3O4S/c1-17-24(25(31)28(27(17)2)20-10-4-3-5-11-20)26-22(29)15-32-23(30)16-33-21-13-12-18-8-6-7-9-19(18)14-21/h3-14H,15-16H2,1-2H3,(H,26,29). The number of hydrogen-bond acceptors (Lipinski definition) is 5. The molecule has 0 aliphatic heterocycles. The smallest absolute Gasteiger partial charge is 0.316 e. The molecule has 0 saturated carbocycles. The number of carbonyl (C=O) groups excluding carboxylic acids is 2. The molecular formula is C25H23N3O4S. The monoisotopic (exact) mass is 461 g/mol. The molecule has 0 aliphatic carbocycles. The Morgan fingerprint density at radius 3 is 2.42 bits per heavy atom. The summed E-state index contributed by atoms with van der Waals surface area (Å²) in [6.07, 6.45) is 0. The fourth-order valence-corrected chi connectivity index (χ4v) is 4.22. The van der Waals surface area contributed by atoms with Crippen LogP contribution in [-0.4, -0.2) is 33.6 Å². The van der Waals surface area contributed by atoms with Crippen molar-refractivity contribution in [2.75, 3.05) is 17.7 Å². The molecule has 0 fully saturated rings. The van der Waals surface area contributed by atoms with Crippen molar-refractivity contribution in [2.24, 2.45) is 7.05 Å². The molecule has 1 aromatic heterocycles. The average Bonchev–Trinajstić information content (AvgIpc) is 3.04. The van der Waals surface area contributed by atoms with Crippen LogP contribution in [0, 0.1) is 6.92 Å². The van der Waals surface area contributed by atoms with Crippen LogP contribution in [0.25, 0.3) is 16.5 Å². The van der Waals surface area contributed by atoms with Crippen LogP contribution in [0.4, 0.5) is 5.69 Å². The minimum Gasteiger partial charge on any atom is -0.455 e. The first-order chi connectivity index (χ1) is 15.9. The number of fused-ring (bicyclic) bond motifs is 1. The third-order valence-electron chi connectivity index (χ3n) is 5.26. The van der Waals surface area contributed by atoms with E-state index in [1.807, 2.05) is 60.7 Å². The van der Waals surface area contributed by atoms with E-state index in [0.29, 0.717) is 11.4 Å². The van der Waals surface area contributed by atoms with Crippen molar-refractivity contribution in [1.82, 2.24) is 9.36 Å². The zero-order chi connectivity index (χ0) is 23.4. The van der Waals surface area contributed by atoms with Gasteiger partial charge in [0.05, 0.1) is 17.1 Å². The summed E-state index contributed by atoms with van der Waals surface area (Å²) in [4.78, 5) is 38.3. The fraction of sp³-hybridized carbons (Fsp3) is 0.160. The van der Waals surface area contributed by atoms with Crippen LogP contribution in [0.15, 0.2) is 82.5 Å². The molecule has 1 N–H and O–H groups in total. The molecule has 0 radical (unpaired) electrons. The van der Waals surface area contributed by atoms with Crippen LogP contribution in [0.3, 0.4) is 0 Å². The molecule has 3 aromatic carbocycles. The topological polar surface area (TPSA) is 82.3 Å². The zero-order valence-corrected chi connectivity index (χ0v) is 19.1. The molecular weight excluding hydrogens is 438 g/mol. The molecule has 4 aromatic rings. The Kier molecular flexibility index (Phi) is 6.65. The van der Waals surface area contributed by atoms with E-state index in [1.54, 1.807) is 30.8 Å². The minimum atomic E-state index is -0.565. The van der Waals surface area contributed by atoms with E-state index < -0.39 is 18.5 Å². The van der Waals surface area contributed by atoms with E-state index in [4.69, 9.17) is 4.74 Å². The number of rotatable bonds is 7. The van der Waals surface area contributed by atoms with Crippen molar-refractivity contribution >= 4 is 40.1 Å². The minimum absolute atomic E-state index is 0.0802. The van der Waals surface area contributed by atoms with E-state index in [9.17, 15) is 14.4 Å². The van der Waals surface area contributed by atoms with Gasteiger partial charge in [-0.3, -0.25) is 19.1 Å². The Balaban J connectivity index is 1.33. The van der Waals surface area contributed by atoms with Crippen LogP contribution in [0.5, 0.6) is 0 Å². The van der Waals surface area contributed by atoms with Crippen LogP contribution in [-0.2, 0) is 21.4 Å². The molecule has 4 rings (SSSR count). The van der Waals surface area contributed by atoms with Crippen molar-refractivity contribution in [3.05, 3.63) is 88.8 Å². The van der Waals surface area contributed by atoms with E-state index in [-0.39, 0.29) is 17.0 Å². The first kappa shape index (κ1) is 22.4. The first-order valence-corrected chi connectivity index (χ1v) is 11.3. The number of benzene rings is 3. The summed E-state index contributed by atoms with van der Waals surface area (Å²) >= 11 is 1.34. The molecule has 7 nitrogen and oxygen atoms in total. The van der Waals surface area contributed by atoms with E-state index >= 15 is 0 Å². The van der Waals surface area contributed by atoms with Crippen molar-refractivity contribution in [3.63, 3.8) is 0 Å². The van der Waals surface area contributed by atoms with Crippen molar-refractivity contribution in [1.29, 1.82) is 0 Å². The van der Waals surface area contributed by atoms with Gasteiger partial charge in [0, 0.05) is 11.9 Å². The van der Waals surface area contributed by atoms with Gasteiger partial charge in [-0.15, -0.1) is 11.8 Å². The molecule has 1 heterocycles. The number of amides is 1. The van der Waals surface area contributed by atoms with E-state index in [0.717, 1.165) is 15.7 Å². The lowest BCUT2D eigenvalue weighted by atomic mass is 10.1. The number of ether oxygens (including phenoxy) is 1. The van der Waals surface area contributed by atoms with Crippen LogP contribution < -0.4 is 10.9 Å². The first-order valence-electron chi connectivity index (χ1n) is 10.3. The maximum Gasteiger partial charge on any atom is 0.316 e. The highest BCUT2D eigenvalue weighted by Crippen LogP contribution is 2.23. The van der Waals surface area contributed by atoms with Gasteiger partial charge in [-0.25, -0.2) is 4.68 Å². The van der Waals surface area contributed by atoms with Crippen LogP contribution in [0.1, 0.15) is 5.69 Å². The molecule has 0 aliphatic rings. The Labute approximate surface area is 195 Å². The molecule has 33 heavy (non-hydrogen) atoms. The highest BCUT2D eigenvalue weighted by molar-refractivity contribution is 8.00. The van der Waals surface area contributed by atoms with Gasteiger partial charge in [0.2, 0.25) is 0 Å². The number of nitrogens with one attached hydrogen (secondary N) is 1. The number of anilines is 1. The van der Waals surface area contributed by atoms with Gasteiger partial charge in [0.15, 0.2) is 6.61 Å². The highest BCUT2D eigenvalue weighted by Gasteiger charge is 2.18. The number of thioether (sulfide) groups is 1. The summed E-state index contributed by atoms with van der Waals surface area (Å²) in [7, 11) is 1.74. The number of carbonyl (C=O) groups is 2. The maximum absolute atomic E-state index is 12.9. The average molecular weight is 462 g/mol. The molecule has 0 saturated heterocycles. The molecule has 0 atom stereocenters. The summed E-state index contributed by atoms with van der Waals surface area (Å²) in [5.41, 5.74) is 1.09. The summed E-state index contributed by atoms with van der Waals surface area (Å²) in [5.74, 6) is -0.989. The normalized spacial score (nSPS) is 10.8. The molecule has 168 valence electrons. The largest absolute Gasteiger partial charge is 0.455 e. The Morgan fingerprint density at radius 1 is 0.970 bits per heavy atom. The van der Waals surface area contributed by atoms with E-state index in [1.165, 1.54) is 16.4 Å². The summed E-state index contributed by atoms with van der Waals surface area (Å²) in [6, 6.07) is 23.1. The maximum atomic E-state index is 12.9. The quantitative estimate of drug-likeness (QED) is 0.333. The second kappa shape index (κ2) is 9.79. The number of para-hydroxylation sites is 1. The van der Waals surface area contributed by atoms with Gasteiger partial charge in [-0.05, 0) is 42.0 Å². The lowest BCUT2D eigenvalue weighted by molar-refractivity contribution is -0.144. The van der Waals surface area contributed by atoms with Gasteiger partial charge < -0.3 is 10.1 Å². The Bertz CT molecular complexity index is 1380. The predicted octanol–water partition coefficient (Wildman–Crippen LogP) is 3.91. The summed E-state index contributed by atoms with van der Waals surface area (Å²) < 4.78 is 8.23. The highest BCUT2D eigenvalue weighted by atomic mass is 32.2. The van der Waals surface area contributed by atoms with Crippen molar-refractivity contribution in [2.45, 2.75) is 11.8 Å². The summed E-state index contributed by atoms with van der Waals surface area (Å²) in [5, 5.41) is 4.80. The number of nitrogens with zero attached hydrogens (tertiary/aromatic N) is 2. The molecule has 1 amide bonds. The second-order valence-electron chi connectivity index (χ2n) is 7.44. The third-order valence-corrected chi connectivity index (χ3v) is 6.23. The van der Waals surface area contributed by atoms with Gasteiger partial charge in [0.1, 0.15) is 5.69 Å². The fourth-order valence-electron chi connectivity index (χ4n) is 3.47. The SMILES string of the molecule is Cc1c(NC(=O)COC(=O)CSc2ccc3ccccc3c2)c(=O)n(-c2ccccc2)n1C. The molecule has 8 heteroatoms. The van der Waals surface area contributed by atoms with Gasteiger partial charge in [-0.2, -0.15) is 0 Å². The number of hydrogen-bond donors (Lipinski definition) is 1. The predicted molar refractivity (Wildman–Crippen MR) is 130 cm³/mol. The zero-order valence-electron chi connectivity index (χ0n) is 18.3. The number of aromatic nitrogens is 2. The van der Waals surface area contributed by atoms with Crippen LogP contribution >= 0.6 is 11.8 Å². The van der Waals surface area contributed by atoms with Gasteiger partial charge in [-0.1, -0.05) is 48.5 Å². The van der Waals surface area contributed by atoms with E-state index in [2.05, 4.69) is 5.32 Å². The number of esters is 1. The molecule has 0 spiro atoms. The van der Waals surface area contributed by atoms with Crippen molar-refractivity contribution in [3.8, 4) is 5.69 Å².